The number of aryl methyl sites for hydroxylation is 2. The summed E-state index contributed by atoms with van der Waals surface area (Å²) in [5.41, 5.74) is 8.56. The van der Waals surface area contributed by atoms with Crippen LogP contribution in [0.5, 0.6) is 11.5 Å². The summed E-state index contributed by atoms with van der Waals surface area (Å²) < 4.78 is 0. The Bertz CT molecular complexity index is 2050. The predicted octanol–water partition coefficient (Wildman–Crippen LogP) is 7.72. The van der Waals surface area contributed by atoms with E-state index in [1.807, 2.05) is 111 Å². The molecule has 0 spiro atoms. The second-order valence-corrected chi connectivity index (χ2v) is 11.8. The maximum Gasteiger partial charge on any atom is 2.00 e. The van der Waals surface area contributed by atoms with Crippen LogP contribution in [0.15, 0.2) is 131 Å². The van der Waals surface area contributed by atoms with Crippen molar-refractivity contribution in [2.24, 2.45) is 9.98 Å². The van der Waals surface area contributed by atoms with E-state index in [0.29, 0.717) is 35.3 Å². The first-order valence-corrected chi connectivity index (χ1v) is 16.8. The van der Waals surface area contributed by atoms with Gasteiger partial charge in [0.25, 0.3) is 0 Å². The number of aliphatic carboxylic acids is 2. The number of rotatable bonds is 8. The minimum absolute atomic E-state index is 0. The van der Waals surface area contributed by atoms with Crippen LogP contribution in [0.1, 0.15) is 49.9 Å². The van der Waals surface area contributed by atoms with Gasteiger partial charge in [-0.1, -0.05) is 98.8 Å². The zero-order chi connectivity index (χ0) is 37.6. The number of hydrogen-bond donors (Lipinski definition) is 2. The number of nitrogens with zero attached hydrogens (tertiary/aromatic N) is 2. The molecule has 0 amide bonds. The number of fused-ring (bicyclic) bond motifs is 1. The molecule has 0 aliphatic rings. The van der Waals surface area contributed by atoms with Crippen LogP contribution in [0, 0.1) is 0 Å². The second kappa shape index (κ2) is 20.1. The van der Waals surface area contributed by atoms with Crippen LogP contribution in [-0.2, 0) is 39.2 Å². The van der Waals surface area contributed by atoms with E-state index in [1.54, 1.807) is 12.4 Å². The maximum absolute atomic E-state index is 11.1. The number of hydrogen-bond acceptors (Lipinski definition) is 8. The molecule has 6 aromatic carbocycles. The summed E-state index contributed by atoms with van der Waals surface area (Å²) in [6.07, 6.45) is 4.83. The molecular weight excluding hydrogens is 711 g/mol. The molecule has 6 aromatic rings. The SMILES string of the molecule is CC(=O)[O-].CC(=O)[O-].CCc1cc(-c2ccccc2)cc(C=Nc2cc3ccccc3cc2N=Cc2cc(-c3ccccc3)cc(CC)c2O)c1O.[Co+2]. The fourth-order valence-corrected chi connectivity index (χ4v) is 5.47. The van der Waals surface area contributed by atoms with Crippen LogP contribution in [-0.4, -0.2) is 34.6 Å². The van der Waals surface area contributed by atoms with Gasteiger partial charge >= 0.3 is 16.8 Å². The van der Waals surface area contributed by atoms with Crippen LogP contribution in [0.25, 0.3) is 33.0 Å². The topological polar surface area (TPSA) is 145 Å². The minimum Gasteiger partial charge on any atom is -0.550 e. The van der Waals surface area contributed by atoms with Crippen LogP contribution < -0.4 is 10.2 Å². The number of phenolic OH excluding ortho intramolecular Hbond substituents is 2. The van der Waals surface area contributed by atoms with Gasteiger partial charge < -0.3 is 30.0 Å². The van der Waals surface area contributed by atoms with Crippen LogP contribution in [0.2, 0.25) is 0 Å². The summed E-state index contributed by atoms with van der Waals surface area (Å²) in [4.78, 5) is 27.5. The number of phenols is 2. The molecule has 1 radical (unpaired) electrons. The van der Waals surface area contributed by atoms with Crippen LogP contribution in [0.4, 0.5) is 11.4 Å². The molecule has 6 rings (SSSR count). The zero-order valence-corrected chi connectivity index (χ0v) is 30.9. The molecule has 0 fully saturated rings. The molecule has 0 aromatic heterocycles. The number of aromatic hydroxyl groups is 2. The standard InChI is InChI=1S/C40H34N2O2.2C2H4O2.Co/c1-3-27-19-33(29-13-7-5-8-14-29)21-35(39(27)43)25-41-37-23-31-17-11-12-18-32(31)24-38(37)42-26-36-22-34(20-28(4-2)40(36)44)30-15-9-6-10-16-30;2*1-2(3)4;/h5-26,43-44H,3-4H2,1-2H3;2*1H3,(H,3,4);/q;;;+2/p-2. The Morgan fingerprint density at radius 2 is 0.868 bits per heavy atom. The zero-order valence-electron chi connectivity index (χ0n) is 29.9. The number of carboxylic acids is 2. The Labute approximate surface area is 320 Å². The van der Waals surface area contributed by atoms with Crippen molar-refractivity contribution < 1.29 is 46.8 Å². The molecule has 0 unspecified atom stereocenters. The maximum atomic E-state index is 11.1. The monoisotopic (exact) mass is 751 g/mol. The van der Waals surface area contributed by atoms with E-state index in [-0.39, 0.29) is 28.3 Å². The van der Waals surface area contributed by atoms with E-state index in [9.17, 15) is 10.2 Å². The summed E-state index contributed by atoms with van der Waals surface area (Å²) in [5.74, 6) is -1.70. The summed E-state index contributed by atoms with van der Waals surface area (Å²) in [6.45, 7) is 6.01. The Balaban J connectivity index is 0.000000765. The number of benzene rings is 6. The molecule has 53 heavy (non-hydrogen) atoms. The molecule has 0 aliphatic heterocycles. The third-order valence-electron chi connectivity index (χ3n) is 7.94. The fraction of sp³-hybridized carbons (Fsp3) is 0.136. The van der Waals surface area contributed by atoms with E-state index in [1.165, 1.54) is 0 Å². The smallest absolute Gasteiger partial charge is 0.550 e. The second-order valence-electron chi connectivity index (χ2n) is 11.8. The molecule has 0 saturated carbocycles. The molecule has 8 nitrogen and oxygen atoms in total. The number of carbonyl (C=O) groups excluding carboxylic acids is 2. The van der Waals surface area contributed by atoms with Crippen molar-refractivity contribution in [2.45, 2.75) is 40.5 Å². The van der Waals surface area contributed by atoms with Gasteiger partial charge in [0, 0.05) is 35.5 Å². The molecule has 0 atom stereocenters. The number of carbonyl (C=O) groups is 2. The molecule has 9 heteroatoms. The van der Waals surface area contributed by atoms with Gasteiger partial charge in [0.05, 0.1) is 11.4 Å². The van der Waals surface area contributed by atoms with Gasteiger partial charge in [0.1, 0.15) is 11.5 Å². The van der Waals surface area contributed by atoms with Gasteiger partial charge in [-0.05, 0) is 107 Å². The minimum atomic E-state index is -1.08. The van der Waals surface area contributed by atoms with E-state index in [0.717, 1.165) is 58.0 Å². The number of aliphatic imine (C=N–C) groups is 2. The van der Waals surface area contributed by atoms with Crippen LogP contribution in [0.3, 0.4) is 0 Å². The van der Waals surface area contributed by atoms with Crippen molar-refractivity contribution in [3.8, 4) is 33.8 Å². The van der Waals surface area contributed by atoms with Crippen molar-refractivity contribution in [1.29, 1.82) is 0 Å². The van der Waals surface area contributed by atoms with Gasteiger partial charge in [0.15, 0.2) is 0 Å². The Morgan fingerprint density at radius 1 is 0.547 bits per heavy atom. The third kappa shape index (κ3) is 11.7. The van der Waals surface area contributed by atoms with Crippen molar-refractivity contribution in [1.82, 2.24) is 0 Å². The first-order chi connectivity index (χ1) is 25.0. The summed E-state index contributed by atoms with van der Waals surface area (Å²) >= 11 is 0. The first-order valence-electron chi connectivity index (χ1n) is 16.8. The van der Waals surface area contributed by atoms with Crippen molar-refractivity contribution in [3.05, 3.63) is 144 Å². The summed E-state index contributed by atoms with van der Waals surface area (Å²) in [7, 11) is 0. The molecule has 271 valence electrons. The Hall–Kier alpha value is -6.03. The van der Waals surface area contributed by atoms with Crippen molar-refractivity contribution >= 4 is 46.5 Å². The normalized spacial score (nSPS) is 10.6. The molecule has 2 N–H and O–H groups in total. The summed E-state index contributed by atoms with van der Waals surface area (Å²) in [5, 5.41) is 42.0. The average molecular weight is 752 g/mol. The first kappa shape index (κ1) is 41.4. The van der Waals surface area contributed by atoms with E-state index in [2.05, 4.69) is 24.3 Å². The van der Waals surface area contributed by atoms with Gasteiger partial charge in [-0.2, -0.15) is 0 Å². The Kier molecular flexibility index (Phi) is 15.7. The molecule has 0 heterocycles. The van der Waals surface area contributed by atoms with Crippen molar-refractivity contribution in [2.75, 3.05) is 0 Å². The third-order valence-corrected chi connectivity index (χ3v) is 7.94. The van der Waals surface area contributed by atoms with E-state index in [4.69, 9.17) is 29.8 Å². The molecular formula is C44H40CoN2O6. The fourth-order valence-electron chi connectivity index (χ4n) is 5.47. The molecule has 0 saturated heterocycles. The molecule has 0 bridgehead atoms. The van der Waals surface area contributed by atoms with E-state index >= 15 is 0 Å². The van der Waals surface area contributed by atoms with Crippen molar-refractivity contribution in [3.63, 3.8) is 0 Å². The largest absolute Gasteiger partial charge is 2.00 e. The predicted molar refractivity (Wildman–Crippen MR) is 206 cm³/mol. The van der Waals surface area contributed by atoms with Gasteiger partial charge in [-0.25, -0.2) is 0 Å². The number of carboxylic acid groups (broad SMARTS) is 2. The van der Waals surface area contributed by atoms with Crippen LogP contribution >= 0.6 is 0 Å². The van der Waals surface area contributed by atoms with Gasteiger partial charge in [-0.3, -0.25) is 9.98 Å². The average Bonchev–Trinajstić information content (AvgIpc) is 3.14. The van der Waals surface area contributed by atoms with Gasteiger partial charge in [0.2, 0.25) is 0 Å². The van der Waals surface area contributed by atoms with Gasteiger partial charge in [-0.15, -0.1) is 0 Å². The molecule has 0 aliphatic carbocycles. The summed E-state index contributed by atoms with van der Waals surface area (Å²) in [6, 6.07) is 40.4. The van der Waals surface area contributed by atoms with E-state index < -0.39 is 11.9 Å². The Morgan fingerprint density at radius 3 is 1.19 bits per heavy atom. The quantitative estimate of drug-likeness (QED) is 0.152.